The quantitative estimate of drug-likeness (QED) is 0.796. The number of hydrogen-bond acceptors (Lipinski definition) is 5. The third-order valence-corrected chi connectivity index (χ3v) is 6.63. The van der Waals surface area contributed by atoms with E-state index in [2.05, 4.69) is 43.0 Å². The van der Waals surface area contributed by atoms with E-state index in [1.807, 2.05) is 36.4 Å². The van der Waals surface area contributed by atoms with Crippen molar-refractivity contribution in [3.63, 3.8) is 0 Å². The number of hydrogen-bond donors (Lipinski definition) is 1. The number of allylic oxidation sites excluding steroid dienone is 1. The molecule has 3 aliphatic rings. The lowest BCUT2D eigenvalue weighted by Gasteiger charge is -2.42. The maximum Gasteiger partial charge on any atom is 0.205 e. The van der Waals surface area contributed by atoms with Crippen molar-refractivity contribution in [2.45, 2.75) is 38.6 Å². The fourth-order valence-corrected chi connectivity index (χ4v) is 5.44. The Kier molecular flexibility index (Phi) is 4.23. The largest absolute Gasteiger partial charge is 0.444 e. The average molecular weight is 412 g/mol. The monoisotopic (exact) mass is 411 g/mol. The molecule has 1 atom stereocenters. The normalized spacial score (nSPS) is 24.0. The van der Waals surface area contributed by atoms with E-state index in [1.54, 1.807) is 0 Å². The van der Waals surface area contributed by atoms with E-state index in [9.17, 15) is 10.1 Å². The molecule has 0 amide bonds. The lowest BCUT2D eigenvalue weighted by molar-refractivity contribution is -0.119. The summed E-state index contributed by atoms with van der Waals surface area (Å²) in [6.45, 7) is 5.30. The molecule has 1 aliphatic carbocycles. The first-order valence-corrected chi connectivity index (χ1v) is 10.6. The van der Waals surface area contributed by atoms with Gasteiger partial charge in [0.25, 0.3) is 0 Å². The van der Waals surface area contributed by atoms with Gasteiger partial charge in [-0.1, -0.05) is 62.4 Å². The molecule has 2 aromatic rings. The summed E-state index contributed by atoms with van der Waals surface area (Å²) in [5.74, 6) is 0.778. The zero-order chi connectivity index (χ0) is 21.8. The van der Waals surface area contributed by atoms with E-state index in [-0.39, 0.29) is 17.1 Å². The summed E-state index contributed by atoms with van der Waals surface area (Å²) >= 11 is 0. The summed E-state index contributed by atoms with van der Waals surface area (Å²) in [5.41, 5.74) is 9.30. The molecule has 0 radical (unpaired) electrons. The number of nitrogens with two attached hydrogens (primary N) is 1. The predicted molar refractivity (Wildman–Crippen MR) is 119 cm³/mol. The van der Waals surface area contributed by atoms with Crippen LogP contribution < -0.4 is 10.6 Å². The molecule has 0 saturated heterocycles. The third-order valence-electron chi connectivity index (χ3n) is 6.63. The van der Waals surface area contributed by atoms with Gasteiger partial charge in [-0.25, -0.2) is 0 Å². The van der Waals surface area contributed by atoms with Crippen LogP contribution in [0.3, 0.4) is 0 Å². The van der Waals surface area contributed by atoms with Crippen LogP contribution in [0.1, 0.15) is 37.8 Å². The van der Waals surface area contributed by atoms with Crippen molar-refractivity contribution in [3.05, 3.63) is 88.5 Å². The summed E-state index contributed by atoms with van der Waals surface area (Å²) in [4.78, 5) is 15.8. The van der Waals surface area contributed by atoms with Gasteiger partial charge in [0.1, 0.15) is 17.4 Å². The van der Waals surface area contributed by atoms with Crippen LogP contribution in [0.25, 0.3) is 0 Å². The fraction of sp³-hybridized carbons (Fsp3) is 0.308. The van der Waals surface area contributed by atoms with Gasteiger partial charge in [0.05, 0.1) is 11.0 Å². The first kappa shape index (κ1) is 19.4. The molecular weight excluding hydrogens is 386 g/mol. The molecule has 2 aliphatic heterocycles. The Morgan fingerprint density at radius 1 is 1.10 bits per heavy atom. The molecule has 5 heteroatoms. The second kappa shape index (κ2) is 6.75. The van der Waals surface area contributed by atoms with Crippen LogP contribution >= 0.6 is 0 Å². The van der Waals surface area contributed by atoms with E-state index in [4.69, 9.17) is 10.5 Å². The zero-order valence-corrected chi connectivity index (χ0v) is 17.8. The SMILES string of the molecule is CC1(C)CC(=O)C2=C(C1)OC(N)=C(C#N)C21CN(Cc2ccccc2)c2ccccc21. The minimum Gasteiger partial charge on any atom is -0.444 e. The van der Waals surface area contributed by atoms with Gasteiger partial charge in [-0.15, -0.1) is 0 Å². The second-order valence-corrected chi connectivity index (χ2v) is 9.46. The lowest BCUT2D eigenvalue weighted by Crippen LogP contribution is -2.46. The van der Waals surface area contributed by atoms with Gasteiger partial charge in [0, 0.05) is 31.6 Å². The Hall–Kier alpha value is -3.52. The molecule has 2 aromatic carbocycles. The molecule has 2 N–H and O–H groups in total. The highest BCUT2D eigenvalue weighted by atomic mass is 16.5. The third kappa shape index (κ3) is 2.86. The van der Waals surface area contributed by atoms with Gasteiger partial charge in [-0.05, 0) is 22.6 Å². The molecule has 0 saturated carbocycles. The molecule has 1 unspecified atom stereocenters. The number of nitriles is 1. The van der Waals surface area contributed by atoms with E-state index < -0.39 is 5.41 Å². The zero-order valence-electron chi connectivity index (χ0n) is 17.8. The number of anilines is 1. The highest BCUT2D eigenvalue weighted by Gasteiger charge is 2.57. The molecular formula is C26H25N3O2. The molecule has 2 heterocycles. The van der Waals surface area contributed by atoms with Crippen LogP contribution in [0.2, 0.25) is 0 Å². The van der Waals surface area contributed by atoms with Crippen molar-refractivity contribution in [3.8, 4) is 6.07 Å². The van der Waals surface area contributed by atoms with Crippen LogP contribution in [0.5, 0.6) is 0 Å². The first-order valence-electron chi connectivity index (χ1n) is 10.6. The Balaban J connectivity index is 1.72. The number of carbonyl (C=O) groups excluding carboxylic acids is 1. The number of nitrogens with zero attached hydrogens (tertiary/aromatic N) is 2. The van der Waals surface area contributed by atoms with Gasteiger partial charge in [-0.3, -0.25) is 4.79 Å². The van der Waals surface area contributed by atoms with Crippen LogP contribution in [0.4, 0.5) is 5.69 Å². The molecule has 156 valence electrons. The van der Waals surface area contributed by atoms with Gasteiger partial charge in [-0.2, -0.15) is 5.26 Å². The van der Waals surface area contributed by atoms with Crippen molar-refractivity contribution in [2.75, 3.05) is 11.4 Å². The highest BCUT2D eigenvalue weighted by molar-refractivity contribution is 6.02. The van der Waals surface area contributed by atoms with E-state index in [1.165, 1.54) is 5.56 Å². The lowest BCUT2D eigenvalue weighted by atomic mass is 9.62. The Morgan fingerprint density at radius 2 is 1.81 bits per heavy atom. The number of para-hydroxylation sites is 1. The molecule has 0 fully saturated rings. The number of ketones is 1. The minimum absolute atomic E-state index is 0.0443. The van der Waals surface area contributed by atoms with Crippen LogP contribution in [0.15, 0.2) is 77.4 Å². The molecule has 31 heavy (non-hydrogen) atoms. The van der Waals surface area contributed by atoms with Crippen molar-refractivity contribution < 1.29 is 9.53 Å². The standard InChI is InChI=1S/C26H25N3O2/c1-25(2)12-21(30)23-22(13-25)31-24(28)19(14-27)26(23)16-29(15-17-8-4-3-5-9-17)20-11-7-6-10-18(20)26/h3-11H,12-13,15-16,28H2,1-2H3. The van der Waals surface area contributed by atoms with Gasteiger partial charge in [0.2, 0.25) is 5.88 Å². The summed E-state index contributed by atoms with van der Waals surface area (Å²) in [7, 11) is 0. The van der Waals surface area contributed by atoms with E-state index in [0.717, 1.165) is 11.3 Å². The van der Waals surface area contributed by atoms with E-state index >= 15 is 0 Å². The van der Waals surface area contributed by atoms with Crippen LogP contribution in [-0.4, -0.2) is 12.3 Å². The summed E-state index contributed by atoms with van der Waals surface area (Å²) in [6.07, 6.45) is 1.05. The maximum atomic E-state index is 13.5. The molecule has 5 rings (SSSR count). The Bertz CT molecular complexity index is 1190. The van der Waals surface area contributed by atoms with Crippen LogP contribution in [-0.2, 0) is 21.5 Å². The fourth-order valence-electron chi connectivity index (χ4n) is 5.44. The van der Waals surface area contributed by atoms with Crippen molar-refractivity contribution in [2.24, 2.45) is 11.1 Å². The minimum atomic E-state index is -0.897. The number of benzene rings is 2. The second-order valence-electron chi connectivity index (χ2n) is 9.46. The first-order chi connectivity index (χ1) is 14.9. The summed E-state index contributed by atoms with van der Waals surface area (Å²) in [5, 5.41) is 10.1. The van der Waals surface area contributed by atoms with Gasteiger partial charge >= 0.3 is 0 Å². The van der Waals surface area contributed by atoms with Crippen molar-refractivity contribution in [1.82, 2.24) is 0 Å². The number of rotatable bonds is 2. The number of fused-ring (bicyclic) bond motifs is 3. The van der Waals surface area contributed by atoms with Crippen LogP contribution in [0, 0.1) is 16.7 Å². The molecule has 1 spiro atoms. The van der Waals surface area contributed by atoms with Gasteiger partial charge < -0.3 is 15.4 Å². The average Bonchev–Trinajstić information content (AvgIpc) is 3.02. The molecule has 0 aromatic heterocycles. The summed E-state index contributed by atoms with van der Waals surface area (Å²) < 4.78 is 5.93. The topological polar surface area (TPSA) is 79.3 Å². The molecule has 5 nitrogen and oxygen atoms in total. The number of ether oxygens (including phenoxy) is 1. The van der Waals surface area contributed by atoms with Crippen molar-refractivity contribution >= 4 is 11.5 Å². The smallest absolute Gasteiger partial charge is 0.205 e. The maximum absolute atomic E-state index is 13.5. The highest BCUT2D eigenvalue weighted by Crippen LogP contribution is 2.56. The predicted octanol–water partition coefficient (Wildman–Crippen LogP) is 4.31. The van der Waals surface area contributed by atoms with E-state index in [0.29, 0.717) is 42.8 Å². The number of carbonyl (C=O) groups is 1. The Morgan fingerprint density at radius 3 is 2.55 bits per heavy atom. The summed E-state index contributed by atoms with van der Waals surface area (Å²) in [6, 6.07) is 20.6. The Labute approximate surface area is 182 Å². The van der Waals surface area contributed by atoms with Crippen molar-refractivity contribution in [1.29, 1.82) is 5.26 Å². The van der Waals surface area contributed by atoms with Gasteiger partial charge in [0.15, 0.2) is 5.78 Å². The number of Topliss-reactive ketones (excluding diaryl/α,β-unsaturated/α-hetero) is 1. The molecule has 0 bridgehead atoms.